The Morgan fingerprint density at radius 3 is 2.75 bits per heavy atom. The Bertz CT molecular complexity index is 673. The van der Waals surface area contributed by atoms with E-state index in [2.05, 4.69) is 10.3 Å². The zero-order valence-corrected chi connectivity index (χ0v) is 11.2. The van der Waals surface area contributed by atoms with E-state index < -0.39 is 0 Å². The molecule has 1 amide bonds. The predicted molar refractivity (Wildman–Crippen MR) is 74.6 cm³/mol. The van der Waals surface area contributed by atoms with Crippen LogP contribution in [0.1, 0.15) is 21.5 Å². The molecule has 100 valence electrons. The Balaban J connectivity index is 2.21. The zero-order valence-electron chi connectivity index (χ0n) is 11.2. The number of nitriles is 1. The summed E-state index contributed by atoms with van der Waals surface area (Å²) in [6.45, 7) is 1.92. The molecule has 0 atom stereocenters. The fourth-order valence-electron chi connectivity index (χ4n) is 1.67. The number of aromatic nitrogens is 1. The van der Waals surface area contributed by atoms with Crippen LogP contribution in [0.15, 0.2) is 36.5 Å². The van der Waals surface area contributed by atoms with E-state index in [-0.39, 0.29) is 5.91 Å². The number of amides is 1. The molecule has 0 spiro atoms. The number of hydrogen-bond donors (Lipinski definition) is 1. The normalized spacial score (nSPS) is 9.65. The molecule has 1 heterocycles. The third-order valence-corrected chi connectivity index (χ3v) is 2.74. The lowest BCUT2D eigenvalue weighted by atomic mass is 10.1. The second-order valence-corrected chi connectivity index (χ2v) is 4.20. The van der Waals surface area contributed by atoms with Gasteiger partial charge in [0.15, 0.2) is 0 Å². The molecule has 0 aliphatic rings. The van der Waals surface area contributed by atoms with Crippen LogP contribution in [0.25, 0.3) is 0 Å². The molecule has 0 aliphatic carbocycles. The number of ether oxygens (including phenoxy) is 1. The van der Waals surface area contributed by atoms with Gasteiger partial charge in [-0.15, -0.1) is 0 Å². The lowest BCUT2D eigenvalue weighted by Crippen LogP contribution is -2.13. The third-order valence-electron chi connectivity index (χ3n) is 2.74. The van der Waals surface area contributed by atoms with Gasteiger partial charge in [-0.3, -0.25) is 4.79 Å². The summed E-state index contributed by atoms with van der Waals surface area (Å²) in [7, 11) is 1.48. The van der Waals surface area contributed by atoms with Crippen LogP contribution < -0.4 is 10.1 Å². The van der Waals surface area contributed by atoms with Gasteiger partial charge >= 0.3 is 0 Å². The molecule has 5 heteroatoms. The number of carbonyl (C=O) groups excluding carboxylic acids is 1. The van der Waals surface area contributed by atoms with E-state index >= 15 is 0 Å². The van der Waals surface area contributed by atoms with Gasteiger partial charge in [0.25, 0.3) is 5.91 Å². The lowest BCUT2D eigenvalue weighted by molar-refractivity contribution is 0.102. The van der Waals surface area contributed by atoms with E-state index in [1.54, 1.807) is 24.4 Å². The Labute approximate surface area is 116 Å². The average Bonchev–Trinajstić information content (AvgIpc) is 2.48. The Kier molecular flexibility index (Phi) is 3.96. The highest BCUT2D eigenvalue weighted by atomic mass is 16.5. The van der Waals surface area contributed by atoms with Crippen LogP contribution in [0.2, 0.25) is 0 Å². The Morgan fingerprint density at radius 1 is 1.35 bits per heavy atom. The van der Waals surface area contributed by atoms with Gasteiger partial charge in [-0.2, -0.15) is 5.26 Å². The van der Waals surface area contributed by atoms with Crippen molar-refractivity contribution in [3.05, 3.63) is 53.2 Å². The van der Waals surface area contributed by atoms with Gasteiger partial charge in [-0.1, -0.05) is 6.07 Å². The van der Waals surface area contributed by atoms with Gasteiger partial charge in [-0.25, -0.2) is 4.98 Å². The highest BCUT2D eigenvalue weighted by molar-refractivity contribution is 6.04. The van der Waals surface area contributed by atoms with Crippen molar-refractivity contribution in [1.82, 2.24) is 4.98 Å². The number of nitrogens with zero attached hydrogens (tertiary/aromatic N) is 2. The maximum atomic E-state index is 12.1. The van der Waals surface area contributed by atoms with Crippen LogP contribution in [0.4, 0.5) is 5.82 Å². The van der Waals surface area contributed by atoms with Gasteiger partial charge in [0.05, 0.1) is 12.7 Å². The molecule has 5 nitrogen and oxygen atoms in total. The van der Waals surface area contributed by atoms with Crippen molar-refractivity contribution in [2.45, 2.75) is 6.92 Å². The number of rotatable bonds is 3. The first-order chi connectivity index (χ1) is 9.63. The van der Waals surface area contributed by atoms with Crippen molar-refractivity contribution >= 4 is 11.7 Å². The molecule has 0 bridgehead atoms. The molecule has 0 fully saturated rings. The molecule has 2 rings (SSSR count). The highest BCUT2D eigenvalue weighted by Gasteiger charge is 2.10. The molecule has 1 aromatic carbocycles. The van der Waals surface area contributed by atoms with E-state index in [1.165, 1.54) is 13.2 Å². The van der Waals surface area contributed by atoms with Crippen molar-refractivity contribution in [3.63, 3.8) is 0 Å². The molecule has 0 saturated heterocycles. The maximum Gasteiger partial charge on any atom is 0.256 e. The number of aryl methyl sites for hydroxylation is 1. The monoisotopic (exact) mass is 267 g/mol. The Morgan fingerprint density at radius 2 is 2.15 bits per heavy atom. The third kappa shape index (κ3) is 2.93. The number of carbonyl (C=O) groups is 1. The maximum absolute atomic E-state index is 12.1. The van der Waals surface area contributed by atoms with Gasteiger partial charge in [0.2, 0.25) is 0 Å². The summed E-state index contributed by atoms with van der Waals surface area (Å²) < 4.78 is 5.04. The van der Waals surface area contributed by atoms with Crippen molar-refractivity contribution < 1.29 is 9.53 Å². The van der Waals surface area contributed by atoms with E-state index in [0.29, 0.717) is 22.7 Å². The number of anilines is 1. The number of pyridine rings is 1. The van der Waals surface area contributed by atoms with E-state index in [1.807, 2.05) is 19.1 Å². The highest BCUT2D eigenvalue weighted by Crippen LogP contribution is 2.19. The first kappa shape index (κ1) is 13.6. The lowest BCUT2D eigenvalue weighted by Gasteiger charge is -2.07. The van der Waals surface area contributed by atoms with Crippen molar-refractivity contribution in [3.8, 4) is 11.8 Å². The van der Waals surface area contributed by atoms with E-state index in [9.17, 15) is 4.79 Å². The van der Waals surface area contributed by atoms with Crippen molar-refractivity contribution in [2.75, 3.05) is 12.4 Å². The summed E-state index contributed by atoms with van der Waals surface area (Å²) >= 11 is 0. The fourth-order valence-corrected chi connectivity index (χ4v) is 1.67. The molecule has 0 aliphatic heterocycles. The molecular formula is C15H13N3O2. The van der Waals surface area contributed by atoms with Gasteiger partial charge < -0.3 is 10.1 Å². The van der Waals surface area contributed by atoms with Crippen LogP contribution in [0.3, 0.4) is 0 Å². The van der Waals surface area contributed by atoms with Crippen LogP contribution >= 0.6 is 0 Å². The number of benzene rings is 1. The molecule has 20 heavy (non-hydrogen) atoms. The second-order valence-electron chi connectivity index (χ2n) is 4.20. The SMILES string of the molecule is COc1ccc(C(=O)Nc2ccc(C)cn2)cc1C#N. The van der Waals surface area contributed by atoms with E-state index in [0.717, 1.165) is 5.56 Å². The molecule has 0 unspecified atom stereocenters. The quantitative estimate of drug-likeness (QED) is 0.927. The topological polar surface area (TPSA) is 75.0 Å². The molecule has 0 saturated carbocycles. The standard InChI is InChI=1S/C15H13N3O2/c1-10-3-6-14(17-9-10)18-15(19)11-4-5-13(20-2)12(7-11)8-16/h3-7,9H,1-2H3,(H,17,18,19). The van der Waals surface area contributed by atoms with Crippen LogP contribution in [0, 0.1) is 18.3 Å². The van der Waals surface area contributed by atoms with Crippen molar-refractivity contribution in [1.29, 1.82) is 5.26 Å². The van der Waals surface area contributed by atoms with Gasteiger partial charge in [-0.05, 0) is 36.8 Å². The average molecular weight is 267 g/mol. The summed E-state index contributed by atoms with van der Waals surface area (Å²) in [5.74, 6) is 0.591. The summed E-state index contributed by atoms with van der Waals surface area (Å²) in [4.78, 5) is 16.2. The minimum atomic E-state index is -0.319. The van der Waals surface area contributed by atoms with Crippen molar-refractivity contribution in [2.24, 2.45) is 0 Å². The first-order valence-electron chi connectivity index (χ1n) is 5.96. The van der Waals surface area contributed by atoms with Crippen LogP contribution in [0.5, 0.6) is 5.75 Å². The van der Waals surface area contributed by atoms with Crippen LogP contribution in [-0.2, 0) is 0 Å². The molecule has 1 N–H and O–H groups in total. The number of hydrogen-bond acceptors (Lipinski definition) is 4. The van der Waals surface area contributed by atoms with Gasteiger partial charge in [0.1, 0.15) is 17.6 Å². The predicted octanol–water partition coefficient (Wildman–Crippen LogP) is 2.52. The molecular weight excluding hydrogens is 254 g/mol. The summed E-state index contributed by atoms with van der Waals surface area (Å²) in [5, 5.41) is 11.7. The summed E-state index contributed by atoms with van der Waals surface area (Å²) in [5.41, 5.74) is 1.71. The summed E-state index contributed by atoms with van der Waals surface area (Å²) in [6.07, 6.45) is 1.67. The number of nitrogens with one attached hydrogen (secondary N) is 1. The van der Waals surface area contributed by atoms with E-state index in [4.69, 9.17) is 10.00 Å². The largest absolute Gasteiger partial charge is 0.495 e. The van der Waals surface area contributed by atoms with Gasteiger partial charge in [0, 0.05) is 11.8 Å². The minimum absolute atomic E-state index is 0.317. The Hall–Kier alpha value is -2.87. The molecule has 1 aromatic heterocycles. The van der Waals surface area contributed by atoms with Crippen LogP contribution in [-0.4, -0.2) is 18.0 Å². The minimum Gasteiger partial charge on any atom is -0.495 e. The fraction of sp³-hybridized carbons (Fsp3) is 0.133. The first-order valence-corrected chi connectivity index (χ1v) is 5.96. The molecule has 0 radical (unpaired) electrons. The zero-order chi connectivity index (χ0) is 14.5. The number of methoxy groups -OCH3 is 1. The summed E-state index contributed by atoms with van der Waals surface area (Å²) in [6, 6.07) is 10.3. The second kappa shape index (κ2) is 5.85. The smallest absolute Gasteiger partial charge is 0.256 e. The molecule has 2 aromatic rings.